The van der Waals surface area contributed by atoms with Crippen molar-refractivity contribution in [2.45, 2.75) is 13.0 Å². The number of carbonyl (C=O) groups excluding carboxylic acids is 2. The maximum atomic E-state index is 12.8. The molecule has 0 aliphatic rings. The second-order valence-electron chi connectivity index (χ2n) is 5.05. The molecule has 1 heterocycles. The van der Waals surface area contributed by atoms with Gasteiger partial charge in [-0.2, -0.15) is 0 Å². The van der Waals surface area contributed by atoms with Gasteiger partial charge in [0.1, 0.15) is 5.82 Å². The van der Waals surface area contributed by atoms with E-state index in [2.05, 4.69) is 15.6 Å². The fourth-order valence-electron chi connectivity index (χ4n) is 1.93. The number of aryl methyl sites for hydroxylation is 1. The fraction of sp³-hybridized carbons (Fsp3) is 0.312. The summed E-state index contributed by atoms with van der Waals surface area (Å²) < 4.78 is 14.7. The molecule has 2 rings (SSSR count). The molecule has 24 heavy (non-hydrogen) atoms. The maximum absolute atomic E-state index is 12.8. The van der Waals surface area contributed by atoms with Crippen LogP contribution in [0.5, 0.6) is 0 Å². The average Bonchev–Trinajstić information content (AvgIpc) is 3.07. The number of nitrogens with one attached hydrogen (secondary N) is 2. The highest BCUT2D eigenvalue weighted by Gasteiger charge is 2.06. The number of aromatic nitrogens is 2. The van der Waals surface area contributed by atoms with Crippen LogP contribution in [0.2, 0.25) is 0 Å². The molecule has 1 aromatic heterocycles. The summed E-state index contributed by atoms with van der Waals surface area (Å²) >= 11 is 1.23. The molecule has 0 radical (unpaired) electrons. The lowest BCUT2D eigenvalue weighted by molar-refractivity contribution is -0.118. The highest BCUT2D eigenvalue weighted by atomic mass is 32.2. The minimum Gasteiger partial charge on any atom is -0.355 e. The first-order valence-electron chi connectivity index (χ1n) is 7.49. The molecule has 0 saturated heterocycles. The van der Waals surface area contributed by atoms with Crippen molar-refractivity contribution in [3.8, 4) is 0 Å². The quantitative estimate of drug-likeness (QED) is 0.677. The smallest absolute Gasteiger partial charge is 0.234 e. The summed E-state index contributed by atoms with van der Waals surface area (Å²) in [6.45, 7) is 1.38. The van der Waals surface area contributed by atoms with Gasteiger partial charge in [0.15, 0.2) is 0 Å². The summed E-state index contributed by atoms with van der Waals surface area (Å²) in [6.07, 6.45) is 6.14. The van der Waals surface area contributed by atoms with Crippen molar-refractivity contribution in [2.75, 3.05) is 23.4 Å². The van der Waals surface area contributed by atoms with Crippen molar-refractivity contribution in [1.29, 1.82) is 0 Å². The third-order valence-corrected chi connectivity index (χ3v) is 4.00. The summed E-state index contributed by atoms with van der Waals surface area (Å²) in [6, 6.07) is 5.54. The van der Waals surface area contributed by atoms with Crippen molar-refractivity contribution in [3.05, 3.63) is 48.8 Å². The van der Waals surface area contributed by atoms with Gasteiger partial charge >= 0.3 is 0 Å². The van der Waals surface area contributed by atoms with E-state index < -0.39 is 0 Å². The summed E-state index contributed by atoms with van der Waals surface area (Å²) in [4.78, 5) is 27.3. The molecule has 0 saturated carbocycles. The lowest BCUT2D eigenvalue weighted by atomic mass is 10.3. The predicted octanol–water partition coefficient (Wildman–Crippen LogP) is 1.90. The van der Waals surface area contributed by atoms with E-state index in [0.717, 1.165) is 13.0 Å². The SMILES string of the molecule is O=C(CSCC(=O)Nc1ccc(F)cc1)NCCCn1ccnc1. The standard InChI is InChI=1S/C16H19FN4O2S/c17-13-2-4-14(5-3-13)20-16(23)11-24-10-15(22)19-6-1-8-21-9-7-18-12-21/h2-5,7,9,12H,1,6,8,10-11H2,(H,19,22)(H,20,23). The number of thioether (sulfide) groups is 1. The Morgan fingerprint density at radius 1 is 1.17 bits per heavy atom. The third-order valence-electron chi connectivity index (χ3n) is 3.07. The first-order valence-corrected chi connectivity index (χ1v) is 8.64. The van der Waals surface area contributed by atoms with Gasteiger partial charge in [-0.3, -0.25) is 9.59 Å². The number of anilines is 1. The van der Waals surface area contributed by atoms with Crippen LogP contribution in [0.25, 0.3) is 0 Å². The van der Waals surface area contributed by atoms with Crippen molar-refractivity contribution >= 4 is 29.3 Å². The second-order valence-corrected chi connectivity index (χ2v) is 6.04. The summed E-state index contributed by atoms with van der Waals surface area (Å²) in [7, 11) is 0. The summed E-state index contributed by atoms with van der Waals surface area (Å²) in [5, 5.41) is 5.45. The van der Waals surface area contributed by atoms with E-state index >= 15 is 0 Å². The van der Waals surface area contributed by atoms with Crippen LogP contribution in [0.3, 0.4) is 0 Å². The van der Waals surface area contributed by atoms with Crippen molar-refractivity contribution < 1.29 is 14.0 Å². The summed E-state index contributed by atoms with van der Waals surface area (Å²) in [5.74, 6) is -0.284. The number of halogens is 1. The molecule has 0 aliphatic heterocycles. The molecule has 0 atom stereocenters. The molecular weight excluding hydrogens is 331 g/mol. The summed E-state index contributed by atoms with van der Waals surface area (Å²) in [5.41, 5.74) is 0.533. The zero-order valence-corrected chi connectivity index (χ0v) is 13.9. The molecule has 8 heteroatoms. The molecule has 6 nitrogen and oxygen atoms in total. The average molecular weight is 350 g/mol. The minimum absolute atomic E-state index is 0.0970. The molecule has 2 amide bonds. The molecule has 1 aromatic carbocycles. The van der Waals surface area contributed by atoms with Gasteiger partial charge in [0.05, 0.1) is 17.8 Å². The Morgan fingerprint density at radius 2 is 1.92 bits per heavy atom. The van der Waals surface area contributed by atoms with Crippen LogP contribution in [-0.2, 0) is 16.1 Å². The highest BCUT2D eigenvalue weighted by molar-refractivity contribution is 8.00. The van der Waals surface area contributed by atoms with Gasteiger partial charge in [-0.15, -0.1) is 11.8 Å². The number of imidazole rings is 1. The number of hydrogen-bond donors (Lipinski definition) is 2. The van der Waals surface area contributed by atoms with Gasteiger partial charge in [0.25, 0.3) is 0 Å². The maximum Gasteiger partial charge on any atom is 0.234 e. The number of hydrogen-bond acceptors (Lipinski definition) is 4. The molecule has 2 aromatic rings. The molecule has 0 unspecified atom stereocenters. The van der Waals surface area contributed by atoms with Gasteiger partial charge in [0, 0.05) is 31.2 Å². The van der Waals surface area contributed by atoms with E-state index in [-0.39, 0.29) is 29.1 Å². The van der Waals surface area contributed by atoms with Crippen molar-refractivity contribution in [3.63, 3.8) is 0 Å². The highest BCUT2D eigenvalue weighted by Crippen LogP contribution is 2.09. The Hall–Kier alpha value is -2.35. The molecular formula is C16H19FN4O2S. The minimum atomic E-state index is -0.355. The van der Waals surface area contributed by atoms with E-state index in [1.54, 1.807) is 12.5 Å². The van der Waals surface area contributed by atoms with E-state index in [1.165, 1.54) is 36.0 Å². The van der Waals surface area contributed by atoms with E-state index in [4.69, 9.17) is 0 Å². The Labute approximate surface area is 143 Å². The molecule has 0 spiro atoms. The molecule has 0 fully saturated rings. The van der Waals surface area contributed by atoms with Gasteiger partial charge in [-0.25, -0.2) is 9.37 Å². The van der Waals surface area contributed by atoms with Crippen LogP contribution in [0.4, 0.5) is 10.1 Å². The molecule has 0 bridgehead atoms. The van der Waals surface area contributed by atoms with Gasteiger partial charge < -0.3 is 15.2 Å². The van der Waals surface area contributed by atoms with Crippen LogP contribution >= 0.6 is 11.8 Å². The lowest BCUT2D eigenvalue weighted by Crippen LogP contribution is -2.27. The monoisotopic (exact) mass is 350 g/mol. The van der Waals surface area contributed by atoms with Crippen molar-refractivity contribution in [2.24, 2.45) is 0 Å². The van der Waals surface area contributed by atoms with Gasteiger partial charge in [-0.05, 0) is 30.7 Å². The van der Waals surface area contributed by atoms with Gasteiger partial charge in [-0.1, -0.05) is 0 Å². The second kappa shape index (κ2) is 9.71. The number of rotatable bonds is 9. The van der Waals surface area contributed by atoms with Crippen LogP contribution in [0.1, 0.15) is 6.42 Å². The van der Waals surface area contributed by atoms with Gasteiger partial charge in [0.2, 0.25) is 11.8 Å². The van der Waals surface area contributed by atoms with Crippen LogP contribution in [0.15, 0.2) is 43.0 Å². The van der Waals surface area contributed by atoms with E-state index in [9.17, 15) is 14.0 Å². The van der Waals surface area contributed by atoms with Crippen LogP contribution in [-0.4, -0.2) is 39.4 Å². The predicted molar refractivity (Wildman–Crippen MR) is 92.2 cm³/mol. The van der Waals surface area contributed by atoms with Crippen LogP contribution < -0.4 is 10.6 Å². The first kappa shape index (κ1) is 18.0. The molecule has 128 valence electrons. The number of amides is 2. The Bertz CT molecular complexity index is 647. The number of benzene rings is 1. The Balaban J connectivity index is 1.53. The van der Waals surface area contributed by atoms with E-state index in [1.807, 2.05) is 10.8 Å². The normalized spacial score (nSPS) is 10.4. The number of nitrogens with zero attached hydrogens (tertiary/aromatic N) is 2. The lowest BCUT2D eigenvalue weighted by Gasteiger charge is -2.07. The molecule has 0 aliphatic carbocycles. The van der Waals surface area contributed by atoms with E-state index in [0.29, 0.717) is 12.2 Å². The third kappa shape index (κ3) is 6.82. The van der Waals surface area contributed by atoms with Crippen molar-refractivity contribution in [1.82, 2.24) is 14.9 Å². The fourth-order valence-corrected chi connectivity index (χ4v) is 2.57. The largest absolute Gasteiger partial charge is 0.355 e. The Kier molecular flexibility index (Phi) is 7.28. The zero-order valence-electron chi connectivity index (χ0n) is 13.1. The zero-order chi connectivity index (χ0) is 17.2. The topological polar surface area (TPSA) is 76.0 Å². The van der Waals surface area contributed by atoms with Crippen LogP contribution in [0, 0.1) is 5.82 Å². The molecule has 2 N–H and O–H groups in total. The number of carbonyl (C=O) groups is 2. The first-order chi connectivity index (χ1) is 11.6. The Morgan fingerprint density at radius 3 is 2.62 bits per heavy atom.